The first kappa shape index (κ1) is 11.5. The monoisotopic (exact) mass is 241 g/mol. The Hall–Kier alpha value is -1.64. The van der Waals surface area contributed by atoms with Gasteiger partial charge in [-0.2, -0.15) is 0 Å². The fraction of sp³-hybridized carbons (Fsp3) is 0.467. The minimum Gasteiger partial charge on any atom is -0.337 e. The third-order valence-corrected chi connectivity index (χ3v) is 3.86. The molecule has 3 rings (SSSR count). The summed E-state index contributed by atoms with van der Waals surface area (Å²) in [5, 5.41) is 0. The molecule has 3 heteroatoms. The Morgan fingerprint density at radius 2 is 2.33 bits per heavy atom. The third-order valence-electron chi connectivity index (χ3n) is 3.86. The zero-order valence-electron chi connectivity index (χ0n) is 10.6. The van der Waals surface area contributed by atoms with Crippen molar-refractivity contribution < 1.29 is 0 Å². The Balaban J connectivity index is 1.60. The number of rotatable bonds is 4. The highest BCUT2D eigenvalue weighted by Crippen LogP contribution is 2.33. The van der Waals surface area contributed by atoms with Crippen LogP contribution in [0, 0.1) is 0 Å². The van der Waals surface area contributed by atoms with Crippen LogP contribution in [0.4, 0.5) is 0 Å². The van der Waals surface area contributed by atoms with Crippen molar-refractivity contribution in [2.24, 2.45) is 0 Å². The third kappa shape index (κ3) is 2.45. The maximum atomic E-state index is 4.51. The van der Waals surface area contributed by atoms with E-state index < -0.39 is 0 Å². The Kier molecular flexibility index (Phi) is 3.40. The average Bonchev–Trinajstić information content (AvgIpc) is 2.92. The summed E-state index contributed by atoms with van der Waals surface area (Å²) in [6.45, 7) is 1.08. The molecule has 2 aromatic heterocycles. The number of hydrogen-bond acceptors (Lipinski definition) is 2. The second-order valence-electron chi connectivity index (χ2n) is 5.07. The van der Waals surface area contributed by atoms with Gasteiger partial charge in [-0.25, -0.2) is 4.98 Å². The minimum atomic E-state index is 0.714. The molecule has 0 bridgehead atoms. The van der Waals surface area contributed by atoms with Crippen LogP contribution in [0.3, 0.4) is 0 Å². The summed E-state index contributed by atoms with van der Waals surface area (Å²) < 4.78 is 2.16. The molecule has 18 heavy (non-hydrogen) atoms. The predicted octanol–water partition coefficient (Wildman–Crippen LogP) is 3.18. The average molecular weight is 241 g/mol. The molecule has 0 N–H and O–H groups in total. The van der Waals surface area contributed by atoms with Crippen molar-refractivity contribution in [1.29, 1.82) is 0 Å². The Morgan fingerprint density at radius 3 is 3.22 bits per heavy atom. The van der Waals surface area contributed by atoms with Crippen LogP contribution in [-0.2, 0) is 13.0 Å². The topological polar surface area (TPSA) is 30.7 Å². The molecule has 2 aromatic rings. The van der Waals surface area contributed by atoms with E-state index in [4.69, 9.17) is 0 Å². The van der Waals surface area contributed by atoms with Gasteiger partial charge in [-0.3, -0.25) is 4.98 Å². The first-order valence-corrected chi connectivity index (χ1v) is 6.83. The van der Waals surface area contributed by atoms with E-state index in [1.54, 1.807) is 0 Å². The zero-order valence-corrected chi connectivity index (χ0v) is 10.6. The molecular formula is C15H19N3. The highest BCUT2D eigenvalue weighted by molar-refractivity contribution is 5.26. The summed E-state index contributed by atoms with van der Waals surface area (Å²) in [4.78, 5) is 8.59. The van der Waals surface area contributed by atoms with Crippen molar-refractivity contribution in [1.82, 2.24) is 14.5 Å². The number of fused-ring (bicyclic) bond motifs is 1. The summed E-state index contributed by atoms with van der Waals surface area (Å²) >= 11 is 0. The first-order valence-electron chi connectivity index (χ1n) is 6.83. The highest BCUT2D eigenvalue weighted by Gasteiger charge is 2.20. The molecule has 0 saturated heterocycles. The smallest absolute Gasteiger partial charge is 0.0945 e. The van der Waals surface area contributed by atoms with Gasteiger partial charge in [-0.1, -0.05) is 6.07 Å². The van der Waals surface area contributed by atoms with Crippen LogP contribution in [0.15, 0.2) is 37.1 Å². The lowest BCUT2D eigenvalue weighted by atomic mass is 9.83. The molecule has 0 saturated carbocycles. The van der Waals surface area contributed by atoms with Gasteiger partial charge in [0.15, 0.2) is 0 Å². The molecule has 0 fully saturated rings. The standard InChI is InChI=1S/C15H19N3/c1-4-13(5-3-10-18-11-9-16-12-18)14-6-2-8-17-15(14)7-1/h2,6,8-9,11-13H,1,3-5,7,10H2/t13-/m1/s1. The van der Waals surface area contributed by atoms with Crippen LogP contribution < -0.4 is 0 Å². The Labute approximate surface area is 108 Å². The van der Waals surface area contributed by atoms with Crippen LogP contribution in [0.25, 0.3) is 0 Å². The molecule has 0 radical (unpaired) electrons. The van der Waals surface area contributed by atoms with Gasteiger partial charge >= 0.3 is 0 Å². The van der Waals surface area contributed by atoms with Crippen molar-refractivity contribution in [2.45, 2.75) is 44.6 Å². The SMILES string of the molecule is c1cnc2c(c1)[C@@H](CCCn1ccnc1)CCC2. The summed E-state index contributed by atoms with van der Waals surface area (Å²) in [6.07, 6.45) is 14.0. The van der Waals surface area contributed by atoms with Crippen molar-refractivity contribution in [3.8, 4) is 0 Å². The van der Waals surface area contributed by atoms with Crippen LogP contribution >= 0.6 is 0 Å². The summed E-state index contributed by atoms with van der Waals surface area (Å²) in [7, 11) is 0. The summed E-state index contributed by atoms with van der Waals surface area (Å²) in [5.74, 6) is 0.714. The number of hydrogen-bond donors (Lipinski definition) is 0. The Bertz CT molecular complexity index is 490. The van der Waals surface area contributed by atoms with E-state index in [9.17, 15) is 0 Å². The molecule has 0 amide bonds. The highest BCUT2D eigenvalue weighted by atomic mass is 15.0. The van der Waals surface area contributed by atoms with E-state index in [1.165, 1.54) is 36.9 Å². The Morgan fingerprint density at radius 1 is 1.33 bits per heavy atom. The summed E-state index contributed by atoms with van der Waals surface area (Å²) in [6, 6.07) is 4.34. The molecule has 1 aliphatic rings. The van der Waals surface area contributed by atoms with Crippen LogP contribution in [0.2, 0.25) is 0 Å². The van der Waals surface area contributed by atoms with Gasteiger partial charge in [0.05, 0.1) is 6.33 Å². The van der Waals surface area contributed by atoms with E-state index in [1.807, 2.05) is 24.9 Å². The van der Waals surface area contributed by atoms with E-state index in [2.05, 4.69) is 26.7 Å². The van der Waals surface area contributed by atoms with E-state index >= 15 is 0 Å². The van der Waals surface area contributed by atoms with Crippen molar-refractivity contribution in [3.05, 3.63) is 48.3 Å². The van der Waals surface area contributed by atoms with Gasteiger partial charge in [0.2, 0.25) is 0 Å². The van der Waals surface area contributed by atoms with Gasteiger partial charge in [0.1, 0.15) is 0 Å². The lowest BCUT2D eigenvalue weighted by molar-refractivity contribution is 0.476. The van der Waals surface area contributed by atoms with Gasteiger partial charge in [0, 0.05) is 30.8 Å². The maximum Gasteiger partial charge on any atom is 0.0945 e. The fourth-order valence-corrected chi connectivity index (χ4v) is 2.94. The van der Waals surface area contributed by atoms with Gasteiger partial charge in [0.25, 0.3) is 0 Å². The molecule has 0 spiro atoms. The number of aryl methyl sites for hydroxylation is 2. The van der Waals surface area contributed by atoms with Crippen molar-refractivity contribution in [3.63, 3.8) is 0 Å². The van der Waals surface area contributed by atoms with E-state index in [0.29, 0.717) is 5.92 Å². The molecule has 3 nitrogen and oxygen atoms in total. The predicted molar refractivity (Wildman–Crippen MR) is 71.4 cm³/mol. The number of nitrogens with zero attached hydrogens (tertiary/aromatic N) is 3. The van der Waals surface area contributed by atoms with Crippen LogP contribution in [-0.4, -0.2) is 14.5 Å². The molecule has 0 unspecified atom stereocenters. The number of imidazole rings is 1. The summed E-state index contributed by atoms with van der Waals surface area (Å²) in [5.41, 5.74) is 2.82. The van der Waals surface area contributed by atoms with Crippen LogP contribution in [0.1, 0.15) is 42.9 Å². The molecule has 0 aromatic carbocycles. The molecule has 1 atom stereocenters. The van der Waals surface area contributed by atoms with Crippen LogP contribution in [0.5, 0.6) is 0 Å². The molecular weight excluding hydrogens is 222 g/mol. The number of aromatic nitrogens is 3. The van der Waals surface area contributed by atoms with Gasteiger partial charge < -0.3 is 4.57 Å². The van der Waals surface area contributed by atoms with E-state index in [-0.39, 0.29) is 0 Å². The molecule has 94 valence electrons. The minimum absolute atomic E-state index is 0.714. The van der Waals surface area contributed by atoms with Crippen molar-refractivity contribution in [2.75, 3.05) is 0 Å². The molecule has 2 heterocycles. The normalized spacial score (nSPS) is 18.6. The van der Waals surface area contributed by atoms with E-state index in [0.717, 1.165) is 13.0 Å². The first-order chi connectivity index (χ1) is 8.93. The molecule has 0 aliphatic heterocycles. The lowest BCUT2D eigenvalue weighted by Gasteiger charge is -2.24. The largest absolute Gasteiger partial charge is 0.337 e. The fourth-order valence-electron chi connectivity index (χ4n) is 2.94. The van der Waals surface area contributed by atoms with Crippen molar-refractivity contribution >= 4 is 0 Å². The quantitative estimate of drug-likeness (QED) is 0.823. The maximum absolute atomic E-state index is 4.51. The van der Waals surface area contributed by atoms with Gasteiger partial charge in [-0.15, -0.1) is 0 Å². The second kappa shape index (κ2) is 5.34. The molecule has 1 aliphatic carbocycles. The zero-order chi connectivity index (χ0) is 12.2. The number of pyridine rings is 1. The van der Waals surface area contributed by atoms with Gasteiger partial charge in [-0.05, 0) is 49.7 Å². The second-order valence-corrected chi connectivity index (χ2v) is 5.07. The lowest BCUT2D eigenvalue weighted by Crippen LogP contribution is -2.12.